The maximum absolute atomic E-state index is 11.8. The molecule has 0 bridgehead atoms. The van der Waals surface area contributed by atoms with E-state index in [0.717, 1.165) is 0 Å². The highest BCUT2D eigenvalue weighted by Gasteiger charge is 2.15. The Morgan fingerprint density at radius 2 is 1.91 bits per heavy atom. The molecular weight excluding hydrogens is 306 g/mol. The molecule has 10 heteroatoms. The van der Waals surface area contributed by atoms with Crippen LogP contribution in [-0.2, 0) is 14.4 Å². The third-order valence-electron chi connectivity index (χ3n) is 2.97. The maximum atomic E-state index is 11.8. The largest absolute Gasteiger partial charge is 0.480 e. The van der Waals surface area contributed by atoms with E-state index in [2.05, 4.69) is 25.6 Å². The minimum atomic E-state index is -1.15. The van der Waals surface area contributed by atoms with Gasteiger partial charge in [-0.25, -0.2) is 9.78 Å². The number of amides is 2. The number of rotatable bonds is 6. The van der Waals surface area contributed by atoms with Gasteiger partial charge in [-0.1, -0.05) is 0 Å². The SMILES string of the molecule is C[C@@H](NC(=O)CCC(=O)Nc1ccc2[nH]c(=O)[nH]c2n1)C(=O)O. The van der Waals surface area contributed by atoms with Crippen molar-refractivity contribution in [2.75, 3.05) is 5.32 Å². The molecule has 0 aliphatic rings. The summed E-state index contributed by atoms with van der Waals surface area (Å²) >= 11 is 0. The number of aromatic nitrogens is 3. The Labute approximate surface area is 129 Å². The lowest BCUT2D eigenvalue weighted by Crippen LogP contribution is -2.38. The summed E-state index contributed by atoms with van der Waals surface area (Å²) in [5.74, 6) is -1.90. The lowest BCUT2D eigenvalue weighted by atomic mass is 10.2. The Balaban J connectivity index is 1.87. The van der Waals surface area contributed by atoms with Gasteiger partial charge in [0, 0.05) is 12.8 Å². The van der Waals surface area contributed by atoms with Gasteiger partial charge in [0.2, 0.25) is 11.8 Å². The number of pyridine rings is 1. The fraction of sp³-hybridized carbons (Fsp3) is 0.308. The van der Waals surface area contributed by atoms with E-state index >= 15 is 0 Å². The molecule has 2 heterocycles. The molecule has 1 atom stereocenters. The number of carbonyl (C=O) groups is 3. The summed E-state index contributed by atoms with van der Waals surface area (Å²) < 4.78 is 0. The first-order valence-corrected chi connectivity index (χ1v) is 6.76. The van der Waals surface area contributed by atoms with Crippen LogP contribution in [0.4, 0.5) is 5.82 Å². The van der Waals surface area contributed by atoms with E-state index in [1.165, 1.54) is 13.0 Å². The Morgan fingerprint density at radius 3 is 2.61 bits per heavy atom. The monoisotopic (exact) mass is 321 g/mol. The minimum absolute atomic E-state index is 0.123. The number of imidazole rings is 1. The Hall–Kier alpha value is -3.17. The van der Waals surface area contributed by atoms with Gasteiger partial charge in [0.25, 0.3) is 0 Å². The molecule has 2 amide bonds. The van der Waals surface area contributed by atoms with Gasteiger partial charge < -0.3 is 20.7 Å². The molecule has 5 N–H and O–H groups in total. The molecule has 2 aromatic rings. The lowest BCUT2D eigenvalue weighted by Gasteiger charge is -2.09. The van der Waals surface area contributed by atoms with Crippen LogP contribution in [0, 0.1) is 0 Å². The predicted molar refractivity (Wildman–Crippen MR) is 79.8 cm³/mol. The second-order valence-electron chi connectivity index (χ2n) is 4.85. The van der Waals surface area contributed by atoms with Crippen molar-refractivity contribution < 1.29 is 19.5 Å². The van der Waals surface area contributed by atoms with Crippen molar-refractivity contribution in [1.82, 2.24) is 20.3 Å². The fourth-order valence-electron chi connectivity index (χ4n) is 1.79. The smallest absolute Gasteiger partial charge is 0.325 e. The second-order valence-corrected chi connectivity index (χ2v) is 4.85. The number of carboxylic acids is 1. The lowest BCUT2D eigenvalue weighted by molar-refractivity contribution is -0.141. The second kappa shape index (κ2) is 6.73. The van der Waals surface area contributed by atoms with Gasteiger partial charge >= 0.3 is 11.7 Å². The van der Waals surface area contributed by atoms with E-state index < -0.39 is 29.5 Å². The predicted octanol–water partition coefficient (Wildman–Crippen LogP) is -0.441. The number of carbonyl (C=O) groups excluding carboxylic acids is 2. The number of aromatic amines is 2. The third kappa shape index (κ3) is 4.40. The first-order valence-electron chi connectivity index (χ1n) is 6.76. The van der Waals surface area contributed by atoms with Gasteiger partial charge in [-0.2, -0.15) is 0 Å². The molecule has 10 nitrogen and oxygen atoms in total. The average Bonchev–Trinajstić information content (AvgIpc) is 2.84. The number of aliphatic carboxylic acids is 1. The van der Waals surface area contributed by atoms with Gasteiger partial charge in [0.1, 0.15) is 11.9 Å². The van der Waals surface area contributed by atoms with E-state index in [1.54, 1.807) is 6.07 Å². The van der Waals surface area contributed by atoms with Crippen molar-refractivity contribution in [3.63, 3.8) is 0 Å². The number of anilines is 1. The van der Waals surface area contributed by atoms with Crippen molar-refractivity contribution in [1.29, 1.82) is 0 Å². The molecule has 0 radical (unpaired) electrons. The zero-order valence-corrected chi connectivity index (χ0v) is 12.2. The van der Waals surface area contributed by atoms with Crippen LogP contribution in [0.25, 0.3) is 11.2 Å². The fourth-order valence-corrected chi connectivity index (χ4v) is 1.79. The van der Waals surface area contributed by atoms with Crippen LogP contribution in [-0.4, -0.2) is 43.9 Å². The van der Waals surface area contributed by atoms with E-state index in [1.807, 2.05) is 0 Å². The van der Waals surface area contributed by atoms with E-state index in [4.69, 9.17) is 5.11 Å². The number of nitrogens with one attached hydrogen (secondary N) is 4. The molecular formula is C13H15N5O5. The summed E-state index contributed by atoms with van der Waals surface area (Å²) in [4.78, 5) is 54.0. The number of H-pyrrole nitrogens is 2. The van der Waals surface area contributed by atoms with Crippen molar-refractivity contribution in [2.24, 2.45) is 0 Å². The standard InChI is InChI=1S/C13H15N5O5/c1-6(12(21)22)14-9(19)4-5-10(20)16-8-3-2-7-11(17-8)18-13(23)15-7/h2-3,6H,4-5H2,1H3,(H,14,19)(H,21,22)(H3,15,16,17,18,20,23)/t6-/m1/s1. The summed E-state index contributed by atoms with van der Waals surface area (Å²) in [6, 6.07) is 2.08. The number of hydrogen-bond acceptors (Lipinski definition) is 5. The molecule has 0 aliphatic heterocycles. The van der Waals surface area contributed by atoms with E-state index in [0.29, 0.717) is 11.2 Å². The quantitative estimate of drug-likeness (QED) is 0.485. The van der Waals surface area contributed by atoms with Crippen LogP contribution >= 0.6 is 0 Å². The van der Waals surface area contributed by atoms with Gasteiger partial charge in [-0.3, -0.25) is 19.4 Å². The van der Waals surface area contributed by atoms with Crippen LogP contribution in [0.1, 0.15) is 19.8 Å². The summed E-state index contributed by atoms with van der Waals surface area (Å²) in [5, 5.41) is 13.4. The molecule has 0 aliphatic carbocycles. The average molecular weight is 321 g/mol. The molecule has 2 aromatic heterocycles. The molecule has 0 fully saturated rings. The molecule has 0 aromatic carbocycles. The number of carboxylic acid groups (broad SMARTS) is 1. The minimum Gasteiger partial charge on any atom is -0.480 e. The summed E-state index contributed by atoms with van der Waals surface area (Å²) in [5.41, 5.74) is 0.413. The van der Waals surface area contributed by atoms with Crippen LogP contribution in [0.5, 0.6) is 0 Å². The molecule has 122 valence electrons. The topological polar surface area (TPSA) is 157 Å². The number of hydrogen-bond donors (Lipinski definition) is 5. The van der Waals surface area contributed by atoms with Gasteiger partial charge in [0.05, 0.1) is 5.52 Å². The first-order chi connectivity index (χ1) is 10.8. The molecule has 0 spiro atoms. The van der Waals surface area contributed by atoms with Crippen molar-refractivity contribution >= 4 is 34.8 Å². The Morgan fingerprint density at radius 1 is 1.22 bits per heavy atom. The Bertz CT molecular complexity index is 808. The highest BCUT2D eigenvalue weighted by Crippen LogP contribution is 2.10. The van der Waals surface area contributed by atoms with Gasteiger partial charge in [-0.15, -0.1) is 0 Å². The highest BCUT2D eigenvalue weighted by molar-refractivity contribution is 5.93. The highest BCUT2D eigenvalue weighted by atomic mass is 16.4. The summed E-state index contributed by atoms with van der Waals surface area (Å²) in [6.45, 7) is 1.33. The van der Waals surface area contributed by atoms with Crippen LogP contribution < -0.4 is 16.3 Å². The third-order valence-corrected chi connectivity index (χ3v) is 2.97. The molecule has 0 saturated heterocycles. The maximum Gasteiger partial charge on any atom is 0.325 e. The Kier molecular flexibility index (Phi) is 4.74. The molecule has 23 heavy (non-hydrogen) atoms. The number of nitrogens with zero attached hydrogens (tertiary/aromatic N) is 1. The zero-order valence-electron chi connectivity index (χ0n) is 12.2. The van der Waals surface area contributed by atoms with Crippen molar-refractivity contribution in [2.45, 2.75) is 25.8 Å². The number of fused-ring (bicyclic) bond motifs is 1. The van der Waals surface area contributed by atoms with Crippen molar-refractivity contribution in [3.05, 3.63) is 22.6 Å². The first kappa shape index (κ1) is 16.2. The van der Waals surface area contributed by atoms with Crippen LogP contribution in [0.3, 0.4) is 0 Å². The van der Waals surface area contributed by atoms with Crippen LogP contribution in [0.2, 0.25) is 0 Å². The van der Waals surface area contributed by atoms with E-state index in [9.17, 15) is 19.2 Å². The van der Waals surface area contributed by atoms with Gasteiger partial charge in [-0.05, 0) is 19.1 Å². The normalized spacial score (nSPS) is 11.9. The summed E-state index contributed by atoms with van der Waals surface area (Å²) in [6.07, 6.45) is -0.270. The van der Waals surface area contributed by atoms with Crippen molar-refractivity contribution in [3.8, 4) is 0 Å². The van der Waals surface area contributed by atoms with E-state index in [-0.39, 0.29) is 18.7 Å². The molecule has 2 rings (SSSR count). The zero-order chi connectivity index (χ0) is 17.0. The van der Waals surface area contributed by atoms with Crippen LogP contribution in [0.15, 0.2) is 16.9 Å². The molecule has 0 saturated carbocycles. The van der Waals surface area contributed by atoms with Gasteiger partial charge in [0.15, 0.2) is 5.65 Å². The summed E-state index contributed by atoms with van der Waals surface area (Å²) in [7, 11) is 0. The molecule has 0 unspecified atom stereocenters.